The second kappa shape index (κ2) is 6.72. The first-order valence-corrected chi connectivity index (χ1v) is 9.28. The smallest absolute Gasteiger partial charge is 0.411 e. The number of ether oxygens (including phenoxy) is 1. The van der Waals surface area contributed by atoms with Crippen molar-refractivity contribution in [1.82, 2.24) is 8.87 Å². The van der Waals surface area contributed by atoms with Gasteiger partial charge in [-0.1, -0.05) is 0 Å². The Labute approximate surface area is 141 Å². The fourth-order valence-electron chi connectivity index (χ4n) is 2.15. The Morgan fingerprint density at radius 1 is 1.25 bits per heavy atom. The molecule has 0 N–H and O–H groups in total. The molecule has 0 fully saturated rings. The summed E-state index contributed by atoms with van der Waals surface area (Å²) in [6.07, 6.45) is 3.54. The van der Waals surface area contributed by atoms with Gasteiger partial charge in [0.15, 0.2) is 0 Å². The molecule has 1 amide bonds. The van der Waals surface area contributed by atoms with E-state index in [1.54, 1.807) is 45.0 Å². The van der Waals surface area contributed by atoms with Crippen molar-refractivity contribution in [3.8, 4) is 0 Å². The molecule has 0 bridgehead atoms. The average molecular weight is 354 g/mol. The summed E-state index contributed by atoms with van der Waals surface area (Å²) in [5.74, 6) is 0.582. The maximum Gasteiger partial charge on any atom is 0.411 e. The zero-order valence-corrected chi connectivity index (χ0v) is 15.0. The number of rotatable bonds is 5. The van der Waals surface area contributed by atoms with E-state index in [2.05, 4.69) is 0 Å². The summed E-state index contributed by atoms with van der Waals surface area (Å²) in [5.41, 5.74) is -0.188. The van der Waals surface area contributed by atoms with E-state index in [4.69, 9.17) is 9.15 Å². The fraction of sp³-hybridized carbons (Fsp3) is 0.438. The lowest BCUT2D eigenvalue weighted by Gasteiger charge is -2.27. The van der Waals surface area contributed by atoms with Gasteiger partial charge in [0.05, 0.1) is 31.3 Å². The summed E-state index contributed by atoms with van der Waals surface area (Å²) in [7, 11) is -3.44. The zero-order chi connectivity index (χ0) is 18.0. The fourth-order valence-corrected chi connectivity index (χ4v) is 2.98. The van der Waals surface area contributed by atoms with Crippen LogP contribution >= 0.6 is 0 Å². The van der Waals surface area contributed by atoms with Gasteiger partial charge in [-0.25, -0.2) is 17.2 Å². The van der Waals surface area contributed by atoms with Gasteiger partial charge in [0, 0.05) is 6.20 Å². The maximum atomic E-state index is 12.5. The number of aromatic nitrogens is 1. The van der Waals surface area contributed by atoms with E-state index >= 15 is 0 Å². The zero-order valence-electron chi connectivity index (χ0n) is 14.2. The lowest BCUT2D eigenvalue weighted by atomic mass is 10.2. The first-order chi connectivity index (χ1) is 11.1. The van der Waals surface area contributed by atoms with Gasteiger partial charge in [-0.05, 0) is 45.0 Å². The van der Waals surface area contributed by atoms with Crippen LogP contribution in [0.25, 0.3) is 0 Å². The Hall–Kier alpha value is -2.22. The maximum absolute atomic E-state index is 12.5. The minimum Gasteiger partial charge on any atom is -0.467 e. The number of carbonyl (C=O) groups excluding carboxylic acids is 1. The van der Waals surface area contributed by atoms with Crippen molar-refractivity contribution in [2.24, 2.45) is 0 Å². The molecule has 24 heavy (non-hydrogen) atoms. The highest BCUT2D eigenvalue weighted by Gasteiger charge is 2.25. The van der Waals surface area contributed by atoms with E-state index in [0.29, 0.717) is 11.5 Å². The van der Waals surface area contributed by atoms with Crippen molar-refractivity contribution < 1.29 is 22.4 Å². The molecule has 2 aromatic rings. The first-order valence-electron chi connectivity index (χ1n) is 7.43. The quantitative estimate of drug-likeness (QED) is 0.824. The van der Waals surface area contributed by atoms with Gasteiger partial charge in [-0.15, -0.1) is 0 Å². The molecule has 2 rings (SSSR count). The number of carbonyl (C=O) groups is 1. The standard InChI is InChI=1S/C16H22N2O5S/c1-16(2,3)23-15(19)17(12-14-8-6-10-22-14)11-13-7-5-9-18(13)24(4,20)21/h5-10H,11-12H2,1-4H3. The van der Waals surface area contributed by atoms with Crippen LogP contribution in [0, 0.1) is 0 Å². The lowest BCUT2D eigenvalue weighted by molar-refractivity contribution is 0.0200. The molecule has 8 heteroatoms. The van der Waals surface area contributed by atoms with Crippen LogP contribution < -0.4 is 0 Å². The summed E-state index contributed by atoms with van der Waals surface area (Å²) in [5, 5.41) is 0. The van der Waals surface area contributed by atoms with Gasteiger partial charge in [0.25, 0.3) is 0 Å². The SMILES string of the molecule is CC(C)(C)OC(=O)N(Cc1ccco1)Cc1cccn1S(C)(=O)=O. The second-order valence-corrected chi connectivity index (χ2v) is 8.33. The van der Waals surface area contributed by atoms with Gasteiger partial charge < -0.3 is 9.15 Å². The van der Waals surface area contributed by atoms with Crippen LogP contribution in [0.5, 0.6) is 0 Å². The Morgan fingerprint density at radius 2 is 1.96 bits per heavy atom. The van der Waals surface area contributed by atoms with Gasteiger partial charge in [-0.2, -0.15) is 0 Å². The number of furan rings is 1. The predicted octanol–water partition coefficient (Wildman–Crippen LogP) is 2.83. The van der Waals surface area contributed by atoms with Crippen molar-refractivity contribution in [3.63, 3.8) is 0 Å². The Morgan fingerprint density at radius 3 is 2.50 bits per heavy atom. The van der Waals surface area contributed by atoms with E-state index in [9.17, 15) is 13.2 Å². The van der Waals surface area contributed by atoms with Crippen molar-refractivity contribution in [2.45, 2.75) is 39.5 Å². The van der Waals surface area contributed by atoms with Crippen LogP contribution in [-0.2, 0) is 27.8 Å². The normalized spacial score (nSPS) is 12.2. The van der Waals surface area contributed by atoms with E-state index in [-0.39, 0.29) is 13.1 Å². The van der Waals surface area contributed by atoms with Gasteiger partial charge >= 0.3 is 6.09 Å². The first kappa shape index (κ1) is 18.1. The average Bonchev–Trinajstić information content (AvgIpc) is 3.05. The number of nitrogens with zero attached hydrogens (tertiary/aromatic N) is 2. The number of amides is 1. The number of hydrogen-bond donors (Lipinski definition) is 0. The molecule has 2 aromatic heterocycles. The number of hydrogen-bond acceptors (Lipinski definition) is 5. The summed E-state index contributed by atoms with van der Waals surface area (Å²) >= 11 is 0. The van der Waals surface area contributed by atoms with Crippen LogP contribution in [0.1, 0.15) is 32.2 Å². The minimum atomic E-state index is -3.44. The molecular formula is C16H22N2O5S. The minimum absolute atomic E-state index is 0.0791. The van der Waals surface area contributed by atoms with E-state index in [1.807, 2.05) is 0 Å². The van der Waals surface area contributed by atoms with Crippen LogP contribution in [-0.4, -0.2) is 35.2 Å². The second-order valence-electron chi connectivity index (χ2n) is 6.47. The molecule has 7 nitrogen and oxygen atoms in total. The monoisotopic (exact) mass is 354 g/mol. The van der Waals surface area contributed by atoms with E-state index < -0.39 is 21.7 Å². The summed E-state index contributed by atoms with van der Waals surface area (Å²) in [4.78, 5) is 13.9. The van der Waals surface area contributed by atoms with E-state index in [0.717, 1.165) is 10.2 Å². The summed E-state index contributed by atoms with van der Waals surface area (Å²) in [6, 6.07) is 6.74. The van der Waals surface area contributed by atoms with Crippen molar-refractivity contribution in [3.05, 3.63) is 48.2 Å². The van der Waals surface area contributed by atoms with Crippen molar-refractivity contribution in [1.29, 1.82) is 0 Å². The van der Waals surface area contributed by atoms with Crippen molar-refractivity contribution in [2.75, 3.05) is 6.26 Å². The molecule has 0 unspecified atom stereocenters. The molecule has 0 aliphatic heterocycles. The molecule has 132 valence electrons. The molecule has 0 aliphatic rings. The molecule has 0 saturated carbocycles. The van der Waals surface area contributed by atoms with Gasteiger partial charge in [-0.3, -0.25) is 4.90 Å². The van der Waals surface area contributed by atoms with E-state index in [1.165, 1.54) is 17.4 Å². The highest BCUT2D eigenvalue weighted by molar-refractivity contribution is 7.89. The Bertz CT molecular complexity index is 785. The largest absolute Gasteiger partial charge is 0.467 e. The molecule has 0 aliphatic carbocycles. The Balaban J connectivity index is 2.26. The summed E-state index contributed by atoms with van der Waals surface area (Å²) < 4.78 is 35.5. The highest BCUT2D eigenvalue weighted by atomic mass is 32.2. The molecule has 2 heterocycles. The third-order valence-electron chi connectivity index (χ3n) is 3.08. The van der Waals surface area contributed by atoms with Gasteiger partial charge in [0.1, 0.15) is 11.4 Å². The lowest BCUT2D eigenvalue weighted by Crippen LogP contribution is -2.36. The molecule has 0 radical (unpaired) electrons. The molecule has 0 saturated heterocycles. The third-order valence-corrected chi connectivity index (χ3v) is 4.15. The van der Waals surface area contributed by atoms with Crippen LogP contribution in [0.3, 0.4) is 0 Å². The van der Waals surface area contributed by atoms with Gasteiger partial charge in [0.2, 0.25) is 10.0 Å². The van der Waals surface area contributed by atoms with Crippen LogP contribution in [0.2, 0.25) is 0 Å². The summed E-state index contributed by atoms with van der Waals surface area (Å²) in [6.45, 7) is 5.58. The Kier molecular flexibility index (Phi) is 5.08. The van der Waals surface area contributed by atoms with Crippen molar-refractivity contribution >= 4 is 16.1 Å². The van der Waals surface area contributed by atoms with Crippen LogP contribution in [0.15, 0.2) is 41.1 Å². The van der Waals surface area contributed by atoms with Crippen LogP contribution in [0.4, 0.5) is 4.79 Å². The topological polar surface area (TPSA) is 81.8 Å². The molecular weight excluding hydrogens is 332 g/mol. The third kappa shape index (κ3) is 4.89. The molecule has 0 spiro atoms. The predicted molar refractivity (Wildman–Crippen MR) is 88.9 cm³/mol. The molecule has 0 aromatic carbocycles. The molecule has 0 atom stereocenters. The highest BCUT2D eigenvalue weighted by Crippen LogP contribution is 2.17.